The van der Waals surface area contributed by atoms with Crippen molar-refractivity contribution in [3.63, 3.8) is 0 Å². The summed E-state index contributed by atoms with van der Waals surface area (Å²) < 4.78 is 38.5. The Morgan fingerprint density at radius 3 is 2.45 bits per heavy atom. The summed E-state index contributed by atoms with van der Waals surface area (Å²) in [7, 11) is 0. The van der Waals surface area contributed by atoms with Gasteiger partial charge >= 0.3 is 6.18 Å². The minimum absolute atomic E-state index is 0.0864. The molecule has 0 aliphatic carbocycles. The van der Waals surface area contributed by atoms with Crippen LogP contribution in [-0.2, 0) is 28.6 Å². The van der Waals surface area contributed by atoms with Gasteiger partial charge in [0.1, 0.15) is 0 Å². The van der Waals surface area contributed by atoms with Crippen molar-refractivity contribution in [2.45, 2.75) is 25.4 Å². The Morgan fingerprint density at radius 2 is 1.71 bits per heavy atom. The van der Waals surface area contributed by atoms with E-state index in [1.807, 2.05) is 30.3 Å². The Labute approximate surface area is 181 Å². The van der Waals surface area contributed by atoms with E-state index in [1.54, 1.807) is 6.07 Å². The minimum atomic E-state index is -4.39. The lowest BCUT2D eigenvalue weighted by molar-refractivity contribution is -0.137. The number of rotatable bonds is 8. The molecule has 0 unspecified atom stereocenters. The highest BCUT2D eigenvalue weighted by molar-refractivity contribution is 7.15. The van der Waals surface area contributed by atoms with Gasteiger partial charge in [-0.05, 0) is 17.2 Å². The molecule has 0 bridgehead atoms. The van der Waals surface area contributed by atoms with Crippen molar-refractivity contribution in [1.29, 1.82) is 0 Å². The van der Waals surface area contributed by atoms with Crippen LogP contribution in [0.2, 0.25) is 0 Å². The molecule has 1 heterocycles. The Hall–Kier alpha value is -3.20. The summed E-state index contributed by atoms with van der Waals surface area (Å²) in [5.41, 5.74) is 0.704. The average Bonchev–Trinajstić information content (AvgIpc) is 3.15. The molecule has 2 amide bonds. The Bertz CT molecular complexity index is 1040. The summed E-state index contributed by atoms with van der Waals surface area (Å²) in [6, 6.07) is 14.4. The van der Waals surface area contributed by atoms with Crippen LogP contribution in [-0.4, -0.2) is 23.3 Å². The molecule has 0 fully saturated rings. The number of thiazole rings is 1. The van der Waals surface area contributed by atoms with Crippen LogP contribution in [0.25, 0.3) is 0 Å². The largest absolute Gasteiger partial charge is 0.416 e. The van der Waals surface area contributed by atoms with Gasteiger partial charge in [-0.25, -0.2) is 4.98 Å². The molecule has 0 aliphatic rings. The predicted molar refractivity (Wildman–Crippen MR) is 113 cm³/mol. The molecule has 2 N–H and O–H groups in total. The molecular weight excluding hydrogens is 427 g/mol. The SMILES string of the molecule is O=C(Cc1ccccc1)NCCC(=O)Nc1ncc(Cc2cccc(C(F)(F)F)c2)s1. The van der Waals surface area contributed by atoms with Crippen LogP contribution in [0.1, 0.15) is 28.0 Å². The highest BCUT2D eigenvalue weighted by Crippen LogP contribution is 2.30. The molecule has 5 nitrogen and oxygen atoms in total. The molecule has 1 aromatic heterocycles. The van der Waals surface area contributed by atoms with Gasteiger partial charge in [0.2, 0.25) is 11.8 Å². The Kier molecular flexibility index (Phi) is 7.41. The monoisotopic (exact) mass is 447 g/mol. The van der Waals surface area contributed by atoms with Gasteiger partial charge in [0, 0.05) is 30.5 Å². The highest BCUT2D eigenvalue weighted by atomic mass is 32.1. The van der Waals surface area contributed by atoms with Crippen LogP contribution in [0, 0.1) is 0 Å². The van der Waals surface area contributed by atoms with Crippen molar-refractivity contribution >= 4 is 28.3 Å². The maximum absolute atomic E-state index is 12.8. The summed E-state index contributed by atoms with van der Waals surface area (Å²) in [6.45, 7) is 0.194. The van der Waals surface area contributed by atoms with E-state index in [4.69, 9.17) is 0 Å². The number of hydrogen-bond acceptors (Lipinski definition) is 4. The van der Waals surface area contributed by atoms with E-state index in [0.29, 0.717) is 10.7 Å². The summed E-state index contributed by atoms with van der Waals surface area (Å²) in [4.78, 5) is 28.8. The van der Waals surface area contributed by atoms with Gasteiger partial charge in [-0.15, -0.1) is 11.3 Å². The van der Waals surface area contributed by atoms with Gasteiger partial charge in [-0.3, -0.25) is 9.59 Å². The van der Waals surface area contributed by atoms with E-state index in [9.17, 15) is 22.8 Å². The zero-order valence-corrected chi connectivity index (χ0v) is 17.2. The van der Waals surface area contributed by atoms with Crippen LogP contribution >= 0.6 is 11.3 Å². The van der Waals surface area contributed by atoms with E-state index >= 15 is 0 Å². The van der Waals surface area contributed by atoms with Crippen molar-refractivity contribution in [1.82, 2.24) is 10.3 Å². The topological polar surface area (TPSA) is 71.1 Å². The first-order valence-electron chi connectivity index (χ1n) is 9.51. The highest BCUT2D eigenvalue weighted by Gasteiger charge is 2.30. The number of alkyl halides is 3. The lowest BCUT2D eigenvalue weighted by Crippen LogP contribution is -2.28. The molecule has 0 radical (unpaired) electrons. The van der Waals surface area contributed by atoms with Crippen LogP contribution in [0.4, 0.5) is 18.3 Å². The summed E-state index contributed by atoms with van der Waals surface area (Å²) >= 11 is 1.20. The molecule has 3 rings (SSSR count). The maximum atomic E-state index is 12.8. The van der Waals surface area contributed by atoms with Gasteiger partial charge in [0.25, 0.3) is 0 Å². The molecule has 31 heavy (non-hydrogen) atoms. The Balaban J connectivity index is 1.44. The predicted octanol–water partition coefficient (Wildman–Crippen LogP) is 4.44. The maximum Gasteiger partial charge on any atom is 0.416 e. The first-order valence-corrected chi connectivity index (χ1v) is 10.3. The van der Waals surface area contributed by atoms with E-state index in [-0.39, 0.29) is 37.6 Å². The second kappa shape index (κ2) is 10.2. The molecule has 0 spiro atoms. The third kappa shape index (κ3) is 7.21. The fraction of sp³-hybridized carbons (Fsp3) is 0.227. The van der Waals surface area contributed by atoms with Crippen LogP contribution in [0.5, 0.6) is 0 Å². The smallest absolute Gasteiger partial charge is 0.355 e. The molecule has 9 heteroatoms. The van der Waals surface area contributed by atoms with Gasteiger partial charge in [-0.1, -0.05) is 48.5 Å². The second-order valence-electron chi connectivity index (χ2n) is 6.82. The molecular formula is C22H20F3N3O2S. The third-order valence-electron chi connectivity index (χ3n) is 4.31. The van der Waals surface area contributed by atoms with E-state index < -0.39 is 11.7 Å². The summed E-state index contributed by atoms with van der Waals surface area (Å²) in [5, 5.41) is 5.70. The number of aromatic nitrogens is 1. The van der Waals surface area contributed by atoms with Gasteiger partial charge in [0.05, 0.1) is 12.0 Å². The standard InChI is InChI=1S/C22H20F3N3O2S/c23-22(24,25)17-8-4-7-16(11-17)12-18-14-27-21(31-18)28-19(29)9-10-26-20(30)13-15-5-2-1-3-6-15/h1-8,11,14H,9-10,12-13H2,(H,26,30)(H,27,28,29). The quantitative estimate of drug-likeness (QED) is 0.536. The van der Waals surface area contributed by atoms with Crippen molar-refractivity contribution < 1.29 is 22.8 Å². The van der Waals surface area contributed by atoms with Crippen molar-refractivity contribution in [2.75, 3.05) is 11.9 Å². The first kappa shape index (κ1) is 22.5. The number of carbonyl (C=O) groups excluding carboxylic acids is 2. The minimum Gasteiger partial charge on any atom is -0.355 e. The van der Waals surface area contributed by atoms with Crippen molar-refractivity contribution in [3.8, 4) is 0 Å². The number of hydrogen-bond donors (Lipinski definition) is 2. The number of anilines is 1. The van der Waals surface area contributed by atoms with Gasteiger partial charge in [0.15, 0.2) is 5.13 Å². The van der Waals surface area contributed by atoms with Crippen LogP contribution < -0.4 is 10.6 Å². The van der Waals surface area contributed by atoms with Gasteiger partial charge in [-0.2, -0.15) is 13.2 Å². The Morgan fingerprint density at radius 1 is 0.968 bits per heavy atom. The number of carbonyl (C=O) groups is 2. The number of halogens is 3. The normalized spacial score (nSPS) is 11.2. The second-order valence-corrected chi connectivity index (χ2v) is 7.93. The average molecular weight is 447 g/mol. The fourth-order valence-corrected chi connectivity index (χ4v) is 3.71. The summed E-state index contributed by atoms with van der Waals surface area (Å²) in [5.74, 6) is -0.475. The van der Waals surface area contributed by atoms with Crippen molar-refractivity contribution in [3.05, 3.63) is 82.4 Å². The molecule has 162 valence electrons. The molecule has 2 aromatic carbocycles. The molecule has 0 aliphatic heterocycles. The molecule has 3 aromatic rings. The lowest BCUT2D eigenvalue weighted by Gasteiger charge is -2.07. The number of nitrogens with one attached hydrogen (secondary N) is 2. The fourth-order valence-electron chi connectivity index (χ4n) is 2.85. The van der Waals surface area contributed by atoms with Crippen LogP contribution in [0.3, 0.4) is 0 Å². The zero-order chi connectivity index (χ0) is 22.3. The van der Waals surface area contributed by atoms with Gasteiger partial charge < -0.3 is 10.6 Å². The van der Waals surface area contributed by atoms with E-state index in [1.165, 1.54) is 23.6 Å². The molecule has 0 saturated carbocycles. The zero-order valence-electron chi connectivity index (χ0n) is 16.4. The third-order valence-corrected chi connectivity index (χ3v) is 5.23. The first-order chi connectivity index (χ1) is 14.8. The summed E-state index contributed by atoms with van der Waals surface area (Å²) in [6.07, 6.45) is -2.24. The number of benzene rings is 2. The van der Waals surface area contributed by atoms with E-state index in [2.05, 4.69) is 15.6 Å². The van der Waals surface area contributed by atoms with E-state index in [0.717, 1.165) is 22.6 Å². The van der Waals surface area contributed by atoms with Crippen LogP contribution in [0.15, 0.2) is 60.8 Å². The lowest BCUT2D eigenvalue weighted by atomic mass is 10.1. The number of nitrogens with zero attached hydrogens (tertiary/aromatic N) is 1. The number of amides is 2. The molecule has 0 saturated heterocycles. The van der Waals surface area contributed by atoms with Crippen molar-refractivity contribution in [2.24, 2.45) is 0 Å². The molecule has 0 atom stereocenters.